The Labute approximate surface area is 118 Å². The fraction of sp³-hybridized carbons (Fsp3) is 0.467. The molecule has 1 fully saturated rings. The Morgan fingerprint density at radius 3 is 2.75 bits per heavy atom. The number of carbonyl (C=O) groups excluding carboxylic acids is 1. The van der Waals surface area contributed by atoms with Gasteiger partial charge in [0.15, 0.2) is 0 Å². The molecule has 5 heteroatoms. The molecule has 1 aromatic heterocycles. The number of imidazole rings is 1. The third kappa shape index (κ3) is 2.35. The van der Waals surface area contributed by atoms with Gasteiger partial charge in [-0.05, 0) is 25.1 Å². The molecule has 1 amide bonds. The highest BCUT2D eigenvalue weighted by molar-refractivity contribution is 5.80. The van der Waals surface area contributed by atoms with Crippen LogP contribution in [0.5, 0.6) is 0 Å². The number of hydrogen-bond donors (Lipinski definition) is 1. The third-order valence-corrected chi connectivity index (χ3v) is 3.88. The molecule has 106 valence electrons. The van der Waals surface area contributed by atoms with Crippen molar-refractivity contribution in [3.63, 3.8) is 0 Å². The Hall–Kier alpha value is -2.04. The summed E-state index contributed by atoms with van der Waals surface area (Å²) >= 11 is 0. The Bertz CT molecular complexity index is 626. The molecule has 3 rings (SSSR count). The van der Waals surface area contributed by atoms with Crippen LogP contribution in [-0.2, 0) is 4.79 Å². The van der Waals surface area contributed by atoms with Gasteiger partial charge in [-0.1, -0.05) is 6.92 Å². The van der Waals surface area contributed by atoms with Crippen molar-refractivity contribution in [2.24, 2.45) is 0 Å². The first-order chi connectivity index (χ1) is 9.67. The second-order valence-electron chi connectivity index (χ2n) is 5.25. The molecule has 1 aromatic carbocycles. The summed E-state index contributed by atoms with van der Waals surface area (Å²) in [6, 6.07) is 6.31. The number of rotatable bonds is 2. The second-order valence-corrected chi connectivity index (χ2v) is 5.25. The molecule has 1 N–H and O–H groups in total. The van der Waals surface area contributed by atoms with Crippen molar-refractivity contribution in [2.45, 2.75) is 20.3 Å². The summed E-state index contributed by atoms with van der Waals surface area (Å²) in [7, 11) is 0. The lowest BCUT2D eigenvalue weighted by Crippen LogP contribution is -2.48. The van der Waals surface area contributed by atoms with Crippen molar-refractivity contribution in [3.05, 3.63) is 24.0 Å². The Morgan fingerprint density at radius 1 is 1.30 bits per heavy atom. The normalized spacial score (nSPS) is 15.9. The molecule has 0 radical (unpaired) electrons. The van der Waals surface area contributed by atoms with E-state index < -0.39 is 0 Å². The summed E-state index contributed by atoms with van der Waals surface area (Å²) in [4.78, 5) is 23.7. The summed E-state index contributed by atoms with van der Waals surface area (Å²) in [5.74, 6) is 1.19. The third-order valence-electron chi connectivity index (χ3n) is 3.88. The van der Waals surface area contributed by atoms with Crippen LogP contribution in [0.4, 0.5) is 5.69 Å². The molecule has 1 aliphatic rings. The molecular weight excluding hydrogens is 252 g/mol. The second kappa shape index (κ2) is 5.15. The molecule has 0 spiro atoms. The monoisotopic (exact) mass is 272 g/mol. The minimum absolute atomic E-state index is 0.254. The summed E-state index contributed by atoms with van der Waals surface area (Å²) in [5.41, 5.74) is 3.28. The molecule has 0 bridgehead atoms. The summed E-state index contributed by atoms with van der Waals surface area (Å²) in [5, 5.41) is 0. The van der Waals surface area contributed by atoms with E-state index in [1.807, 2.05) is 18.7 Å². The number of amides is 1. The van der Waals surface area contributed by atoms with Crippen LogP contribution in [0.3, 0.4) is 0 Å². The number of nitrogens with one attached hydrogen (secondary N) is 1. The molecule has 0 aliphatic carbocycles. The van der Waals surface area contributed by atoms with Gasteiger partial charge in [0.05, 0.1) is 11.0 Å². The number of nitrogens with zero attached hydrogens (tertiary/aromatic N) is 3. The maximum atomic E-state index is 11.7. The van der Waals surface area contributed by atoms with Gasteiger partial charge in [-0.2, -0.15) is 0 Å². The van der Waals surface area contributed by atoms with Crippen LogP contribution in [0.2, 0.25) is 0 Å². The molecule has 2 aromatic rings. The fourth-order valence-corrected chi connectivity index (χ4v) is 2.76. The van der Waals surface area contributed by atoms with E-state index in [0.29, 0.717) is 6.42 Å². The van der Waals surface area contributed by atoms with Gasteiger partial charge in [-0.15, -0.1) is 0 Å². The number of fused-ring (bicyclic) bond motifs is 1. The van der Waals surface area contributed by atoms with Gasteiger partial charge in [0.25, 0.3) is 0 Å². The zero-order valence-corrected chi connectivity index (χ0v) is 12.0. The number of benzene rings is 1. The van der Waals surface area contributed by atoms with Crippen LogP contribution in [0.25, 0.3) is 11.0 Å². The number of aromatic amines is 1. The minimum Gasteiger partial charge on any atom is -0.368 e. The maximum Gasteiger partial charge on any atom is 0.222 e. The largest absolute Gasteiger partial charge is 0.368 e. The van der Waals surface area contributed by atoms with Crippen LogP contribution in [0.15, 0.2) is 18.2 Å². The van der Waals surface area contributed by atoms with Gasteiger partial charge < -0.3 is 14.8 Å². The van der Waals surface area contributed by atoms with Gasteiger partial charge in [0, 0.05) is 38.3 Å². The Balaban J connectivity index is 1.74. The van der Waals surface area contributed by atoms with Crippen molar-refractivity contribution < 1.29 is 4.79 Å². The molecule has 0 unspecified atom stereocenters. The van der Waals surface area contributed by atoms with Crippen LogP contribution >= 0.6 is 0 Å². The van der Waals surface area contributed by atoms with E-state index >= 15 is 0 Å². The number of carbonyl (C=O) groups is 1. The van der Waals surface area contributed by atoms with Crippen LogP contribution < -0.4 is 4.90 Å². The molecule has 20 heavy (non-hydrogen) atoms. The highest BCUT2D eigenvalue weighted by Crippen LogP contribution is 2.22. The number of anilines is 1. The molecule has 5 nitrogen and oxygen atoms in total. The topological polar surface area (TPSA) is 52.2 Å². The highest BCUT2D eigenvalue weighted by atomic mass is 16.2. The standard InChI is InChI=1S/C15H20N4O/c1-3-15(20)19-8-6-18(7-9-19)12-4-5-13-14(10-12)17-11(2)16-13/h4-5,10H,3,6-9H2,1-2H3,(H,16,17). The van der Waals surface area contributed by atoms with Crippen LogP contribution in [0, 0.1) is 6.92 Å². The zero-order chi connectivity index (χ0) is 14.1. The summed E-state index contributed by atoms with van der Waals surface area (Å²) in [6.45, 7) is 7.30. The quantitative estimate of drug-likeness (QED) is 0.909. The summed E-state index contributed by atoms with van der Waals surface area (Å²) in [6.07, 6.45) is 0.597. The van der Waals surface area contributed by atoms with Crippen molar-refractivity contribution in [3.8, 4) is 0 Å². The van der Waals surface area contributed by atoms with E-state index in [1.165, 1.54) is 5.69 Å². The molecule has 1 saturated heterocycles. The van der Waals surface area contributed by atoms with E-state index in [4.69, 9.17) is 0 Å². The van der Waals surface area contributed by atoms with Gasteiger partial charge in [-0.25, -0.2) is 4.98 Å². The number of aromatic nitrogens is 2. The average Bonchev–Trinajstić information content (AvgIpc) is 2.85. The lowest BCUT2D eigenvalue weighted by Gasteiger charge is -2.36. The Kier molecular flexibility index (Phi) is 3.34. The van der Waals surface area contributed by atoms with Crippen LogP contribution in [-0.4, -0.2) is 47.0 Å². The predicted molar refractivity (Wildman–Crippen MR) is 79.9 cm³/mol. The summed E-state index contributed by atoms with van der Waals surface area (Å²) < 4.78 is 0. The Morgan fingerprint density at radius 2 is 2.05 bits per heavy atom. The van der Waals surface area contributed by atoms with E-state index in [-0.39, 0.29) is 5.91 Å². The lowest BCUT2D eigenvalue weighted by molar-refractivity contribution is -0.131. The van der Waals surface area contributed by atoms with Crippen molar-refractivity contribution in [1.82, 2.24) is 14.9 Å². The smallest absolute Gasteiger partial charge is 0.222 e. The molecule has 0 saturated carbocycles. The number of hydrogen-bond acceptors (Lipinski definition) is 3. The molecule has 0 atom stereocenters. The first-order valence-corrected chi connectivity index (χ1v) is 7.16. The first kappa shape index (κ1) is 13.0. The van der Waals surface area contributed by atoms with E-state index in [2.05, 4.69) is 33.1 Å². The molecule has 2 heterocycles. The van der Waals surface area contributed by atoms with Crippen molar-refractivity contribution in [2.75, 3.05) is 31.1 Å². The first-order valence-electron chi connectivity index (χ1n) is 7.16. The highest BCUT2D eigenvalue weighted by Gasteiger charge is 2.20. The van der Waals surface area contributed by atoms with Gasteiger partial charge in [0.1, 0.15) is 5.82 Å². The minimum atomic E-state index is 0.254. The SMILES string of the molecule is CCC(=O)N1CCN(c2ccc3nc(C)[nH]c3c2)CC1. The van der Waals surface area contributed by atoms with E-state index in [0.717, 1.165) is 43.0 Å². The van der Waals surface area contributed by atoms with E-state index in [9.17, 15) is 4.79 Å². The molecule has 1 aliphatic heterocycles. The maximum absolute atomic E-state index is 11.7. The van der Waals surface area contributed by atoms with Crippen molar-refractivity contribution in [1.29, 1.82) is 0 Å². The predicted octanol–water partition coefficient (Wildman–Crippen LogP) is 1.93. The van der Waals surface area contributed by atoms with Gasteiger partial charge in [-0.3, -0.25) is 4.79 Å². The number of piperazine rings is 1. The van der Waals surface area contributed by atoms with Crippen LogP contribution in [0.1, 0.15) is 19.2 Å². The van der Waals surface area contributed by atoms with Crippen molar-refractivity contribution >= 4 is 22.6 Å². The number of aryl methyl sites for hydroxylation is 1. The van der Waals surface area contributed by atoms with Gasteiger partial charge >= 0.3 is 0 Å². The van der Waals surface area contributed by atoms with E-state index in [1.54, 1.807) is 0 Å². The average molecular weight is 272 g/mol. The molecular formula is C15H20N4O. The number of H-pyrrole nitrogens is 1. The van der Waals surface area contributed by atoms with Gasteiger partial charge in [0.2, 0.25) is 5.91 Å². The zero-order valence-electron chi connectivity index (χ0n) is 12.0. The lowest BCUT2D eigenvalue weighted by atomic mass is 10.2. The fourth-order valence-electron chi connectivity index (χ4n) is 2.76.